The fraction of sp³-hybridized carbons (Fsp3) is 0.222. The lowest BCUT2D eigenvalue weighted by Crippen LogP contribution is -2.16. The summed E-state index contributed by atoms with van der Waals surface area (Å²) < 4.78 is 43.3. The maximum atomic E-state index is 13.8. The second kappa shape index (κ2) is 9.18. The van der Waals surface area contributed by atoms with E-state index >= 15 is 0 Å². The maximum Gasteiger partial charge on any atom is 0.209 e. The van der Waals surface area contributed by atoms with Gasteiger partial charge in [-0.05, 0) is 30.7 Å². The number of hydrogen-bond acceptors (Lipinski definition) is 6. The highest BCUT2D eigenvalue weighted by Crippen LogP contribution is 2.24. The summed E-state index contributed by atoms with van der Waals surface area (Å²) in [7, 11) is -3.49. The number of halogens is 1. The molecule has 28 heavy (non-hydrogen) atoms. The topological polar surface area (TPSA) is 100 Å². The van der Waals surface area contributed by atoms with Gasteiger partial charge in [-0.1, -0.05) is 42.1 Å². The molecule has 2 aromatic carbocycles. The molecule has 2 N–H and O–H groups in total. The molecule has 0 saturated carbocycles. The van der Waals surface area contributed by atoms with Crippen LogP contribution >= 0.6 is 11.8 Å². The summed E-state index contributed by atoms with van der Waals surface area (Å²) in [4.78, 5) is 0. The molecule has 0 aliphatic heterocycles. The Morgan fingerprint density at radius 2 is 1.79 bits per heavy atom. The van der Waals surface area contributed by atoms with Crippen molar-refractivity contribution in [2.45, 2.75) is 18.2 Å². The van der Waals surface area contributed by atoms with E-state index in [4.69, 9.17) is 9.88 Å². The highest BCUT2D eigenvalue weighted by molar-refractivity contribution is 7.99. The van der Waals surface area contributed by atoms with E-state index in [-0.39, 0.29) is 18.1 Å². The summed E-state index contributed by atoms with van der Waals surface area (Å²) in [6, 6.07) is 15.6. The minimum absolute atomic E-state index is 0.0283. The summed E-state index contributed by atoms with van der Waals surface area (Å²) in [5.41, 5.74) is 0.827. The maximum absolute atomic E-state index is 13.8. The fourth-order valence-corrected chi connectivity index (χ4v) is 4.09. The Kier molecular flexibility index (Phi) is 6.65. The smallest absolute Gasteiger partial charge is 0.209 e. The number of para-hydroxylation sites is 2. The highest BCUT2D eigenvalue weighted by Gasteiger charge is 2.16. The van der Waals surface area contributed by atoms with Gasteiger partial charge in [-0.15, -0.1) is 10.2 Å². The van der Waals surface area contributed by atoms with Crippen molar-refractivity contribution in [1.82, 2.24) is 14.8 Å². The van der Waals surface area contributed by atoms with Gasteiger partial charge in [-0.3, -0.25) is 4.57 Å². The Labute approximate surface area is 166 Å². The molecule has 3 rings (SSSR count). The normalized spacial score (nSPS) is 11.5. The van der Waals surface area contributed by atoms with Gasteiger partial charge >= 0.3 is 0 Å². The van der Waals surface area contributed by atoms with Gasteiger partial charge in [0.25, 0.3) is 0 Å². The van der Waals surface area contributed by atoms with Crippen molar-refractivity contribution >= 4 is 21.8 Å². The van der Waals surface area contributed by atoms with E-state index in [2.05, 4.69) is 10.2 Å². The lowest BCUT2D eigenvalue weighted by molar-refractivity contribution is 0.278. The number of thioether (sulfide) groups is 1. The molecule has 0 bridgehead atoms. The Morgan fingerprint density at radius 3 is 2.50 bits per heavy atom. The number of nitrogens with two attached hydrogens (primary N) is 1. The molecular weight excluding hydrogens is 403 g/mol. The van der Waals surface area contributed by atoms with E-state index in [1.165, 1.54) is 17.8 Å². The molecule has 10 heteroatoms. The van der Waals surface area contributed by atoms with Gasteiger partial charge in [-0.2, -0.15) is 0 Å². The zero-order valence-corrected chi connectivity index (χ0v) is 16.5. The van der Waals surface area contributed by atoms with Crippen molar-refractivity contribution in [2.75, 3.05) is 11.5 Å². The van der Waals surface area contributed by atoms with Gasteiger partial charge in [0.05, 0.1) is 5.75 Å². The van der Waals surface area contributed by atoms with Crippen molar-refractivity contribution in [1.29, 1.82) is 0 Å². The first-order valence-electron chi connectivity index (χ1n) is 8.44. The van der Waals surface area contributed by atoms with Gasteiger partial charge in [0, 0.05) is 11.4 Å². The number of sulfonamides is 1. The minimum atomic E-state index is -3.49. The molecule has 7 nitrogen and oxygen atoms in total. The molecule has 1 aromatic heterocycles. The highest BCUT2D eigenvalue weighted by atomic mass is 32.2. The average molecular weight is 423 g/mol. The predicted molar refractivity (Wildman–Crippen MR) is 105 cm³/mol. The molecular formula is C18H19FN4O3S2. The van der Waals surface area contributed by atoms with Gasteiger partial charge in [0.2, 0.25) is 10.0 Å². The van der Waals surface area contributed by atoms with Gasteiger partial charge < -0.3 is 4.74 Å². The second-order valence-corrected chi connectivity index (χ2v) is 8.65. The van der Waals surface area contributed by atoms with Crippen molar-refractivity contribution < 1.29 is 17.5 Å². The standard InChI is InChI=1S/C18H19FN4O3S2/c19-15-9-4-5-10-16(15)26-13-17-21-22-18(27-11-6-12-28(20,24)25)23(17)14-7-2-1-3-8-14/h1-5,7-10H,6,11-13H2,(H2,20,24,25). The van der Waals surface area contributed by atoms with Crippen LogP contribution in [0.15, 0.2) is 59.8 Å². The van der Waals surface area contributed by atoms with Crippen LogP contribution in [0.4, 0.5) is 4.39 Å². The van der Waals surface area contributed by atoms with E-state index in [1.807, 2.05) is 34.9 Å². The van der Waals surface area contributed by atoms with Gasteiger partial charge in [0.1, 0.15) is 6.61 Å². The third-order valence-electron chi connectivity index (χ3n) is 3.71. The van der Waals surface area contributed by atoms with Crippen LogP contribution in [0.5, 0.6) is 5.75 Å². The summed E-state index contributed by atoms with van der Waals surface area (Å²) in [5.74, 6) is 0.597. The summed E-state index contributed by atoms with van der Waals surface area (Å²) in [6.07, 6.45) is 0.395. The molecule has 0 saturated heterocycles. The number of aromatic nitrogens is 3. The Morgan fingerprint density at radius 1 is 1.07 bits per heavy atom. The molecule has 0 spiro atoms. The van der Waals surface area contributed by atoms with E-state index in [0.29, 0.717) is 23.2 Å². The third-order valence-corrected chi connectivity index (χ3v) is 5.59. The molecule has 148 valence electrons. The minimum Gasteiger partial charge on any atom is -0.483 e. The van der Waals surface area contributed by atoms with E-state index in [1.54, 1.807) is 18.2 Å². The third kappa shape index (κ3) is 5.54. The van der Waals surface area contributed by atoms with Crippen LogP contribution in [-0.2, 0) is 16.6 Å². The summed E-state index contributed by atoms with van der Waals surface area (Å²) in [5, 5.41) is 14.0. The number of hydrogen-bond donors (Lipinski definition) is 1. The lowest BCUT2D eigenvalue weighted by Gasteiger charge is -2.11. The predicted octanol–water partition coefficient (Wildman–Crippen LogP) is 2.76. The number of rotatable bonds is 9. The quantitative estimate of drug-likeness (QED) is 0.420. The summed E-state index contributed by atoms with van der Waals surface area (Å²) >= 11 is 1.37. The van der Waals surface area contributed by atoms with Crippen molar-refractivity contribution in [3.05, 3.63) is 66.2 Å². The van der Waals surface area contributed by atoms with Crippen molar-refractivity contribution in [3.8, 4) is 11.4 Å². The molecule has 0 aliphatic carbocycles. The monoisotopic (exact) mass is 422 g/mol. The second-order valence-electron chi connectivity index (χ2n) is 5.86. The van der Waals surface area contributed by atoms with E-state index in [9.17, 15) is 12.8 Å². The largest absolute Gasteiger partial charge is 0.483 e. The number of nitrogens with zero attached hydrogens (tertiary/aromatic N) is 3. The van der Waals surface area contributed by atoms with Crippen LogP contribution in [0, 0.1) is 5.82 Å². The van der Waals surface area contributed by atoms with Crippen molar-refractivity contribution in [2.24, 2.45) is 5.14 Å². The zero-order chi connectivity index (χ0) is 20.0. The molecule has 0 aliphatic rings. The SMILES string of the molecule is NS(=O)(=O)CCCSc1nnc(COc2ccccc2F)n1-c1ccccc1. The number of benzene rings is 2. The van der Waals surface area contributed by atoms with Crippen LogP contribution < -0.4 is 9.88 Å². The van der Waals surface area contributed by atoms with Crippen LogP contribution in [-0.4, -0.2) is 34.7 Å². The van der Waals surface area contributed by atoms with Crippen LogP contribution in [0.3, 0.4) is 0 Å². The van der Waals surface area contributed by atoms with Gasteiger partial charge in [-0.25, -0.2) is 17.9 Å². The van der Waals surface area contributed by atoms with Crippen LogP contribution in [0.2, 0.25) is 0 Å². The van der Waals surface area contributed by atoms with E-state index in [0.717, 1.165) is 5.69 Å². The molecule has 3 aromatic rings. The van der Waals surface area contributed by atoms with Crippen molar-refractivity contribution in [3.63, 3.8) is 0 Å². The lowest BCUT2D eigenvalue weighted by atomic mass is 10.3. The first-order chi connectivity index (χ1) is 13.4. The molecule has 1 heterocycles. The molecule has 0 unspecified atom stereocenters. The fourth-order valence-electron chi connectivity index (χ4n) is 2.45. The Bertz CT molecular complexity index is 1030. The summed E-state index contributed by atoms with van der Waals surface area (Å²) in [6.45, 7) is 0.0283. The number of ether oxygens (including phenoxy) is 1. The molecule has 0 fully saturated rings. The first-order valence-corrected chi connectivity index (χ1v) is 11.1. The number of primary sulfonamides is 1. The Balaban J connectivity index is 1.78. The average Bonchev–Trinajstić information content (AvgIpc) is 3.07. The molecule has 0 radical (unpaired) electrons. The molecule has 0 amide bonds. The Hall–Kier alpha value is -2.43. The van der Waals surface area contributed by atoms with Crippen LogP contribution in [0.25, 0.3) is 5.69 Å². The zero-order valence-electron chi connectivity index (χ0n) is 14.9. The van der Waals surface area contributed by atoms with Crippen LogP contribution in [0.1, 0.15) is 12.2 Å². The molecule has 0 atom stereocenters. The first kappa shape index (κ1) is 20.3. The van der Waals surface area contributed by atoms with E-state index < -0.39 is 15.8 Å². The van der Waals surface area contributed by atoms with Gasteiger partial charge in [0.15, 0.2) is 22.5 Å².